The van der Waals surface area contributed by atoms with Crippen molar-refractivity contribution < 1.29 is 19.4 Å². The van der Waals surface area contributed by atoms with Gasteiger partial charge in [0.25, 0.3) is 0 Å². The molecular weight excluding hydrogens is 184 g/mol. The molecule has 0 saturated heterocycles. The molecule has 0 radical (unpaired) electrons. The highest BCUT2D eigenvalue weighted by Gasteiger charge is 2.04. The van der Waals surface area contributed by atoms with E-state index >= 15 is 0 Å². The fourth-order valence-electron chi connectivity index (χ4n) is 0.965. The van der Waals surface area contributed by atoms with Gasteiger partial charge >= 0.3 is 5.97 Å². The molecule has 0 spiro atoms. The molecule has 0 heterocycles. The molecule has 84 valence electrons. The van der Waals surface area contributed by atoms with Gasteiger partial charge < -0.3 is 14.6 Å². The molecule has 0 aromatic carbocycles. The van der Waals surface area contributed by atoms with Gasteiger partial charge in [0.2, 0.25) is 0 Å². The summed E-state index contributed by atoms with van der Waals surface area (Å²) < 4.78 is 10.6. The first-order valence-electron chi connectivity index (χ1n) is 5.08. The second-order valence-electron chi connectivity index (χ2n) is 3.23. The highest BCUT2D eigenvalue weighted by atomic mass is 16.5. The summed E-state index contributed by atoms with van der Waals surface area (Å²) in [5.41, 5.74) is 0. The molecule has 4 nitrogen and oxygen atoms in total. The molecule has 0 amide bonds. The molecule has 1 atom stereocenters. The molecule has 0 rings (SSSR count). The van der Waals surface area contributed by atoms with E-state index in [1.165, 1.54) is 0 Å². The van der Waals surface area contributed by atoms with Gasteiger partial charge in [0, 0.05) is 13.0 Å². The third-order valence-corrected chi connectivity index (χ3v) is 1.74. The summed E-state index contributed by atoms with van der Waals surface area (Å²) in [5, 5.41) is 8.42. The van der Waals surface area contributed by atoms with Crippen molar-refractivity contribution in [2.24, 2.45) is 0 Å². The van der Waals surface area contributed by atoms with Crippen LogP contribution in [0.2, 0.25) is 0 Å². The first-order valence-corrected chi connectivity index (χ1v) is 5.08. The van der Waals surface area contributed by atoms with Gasteiger partial charge in [0.1, 0.15) is 0 Å². The van der Waals surface area contributed by atoms with E-state index in [-0.39, 0.29) is 12.5 Å². The molecule has 1 N–H and O–H groups in total. The van der Waals surface area contributed by atoms with E-state index in [2.05, 4.69) is 6.92 Å². The van der Waals surface area contributed by atoms with Gasteiger partial charge in [-0.05, 0) is 19.8 Å². The van der Waals surface area contributed by atoms with E-state index in [1.807, 2.05) is 6.92 Å². The number of carboxylic acids is 1. The van der Waals surface area contributed by atoms with Crippen LogP contribution in [0.3, 0.4) is 0 Å². The molecule has 0 fully saturated rings. The fourth-order valence-corrected chi connectivity index (χ4v) is 0.965. The minimum absolute atomic E-state index is 0.00340. The molecule has 14 heavy (non-hydrogen) atoms. The van der Waals surface area contributed by atoms with Crippen LogP contribution in [0.15, 0.2) is 0 Å². The van der Waals surface area contributed by atoms with Crippen molar-refractivity contribution in [3.8, 4) is 0 Å². The predicted molar refractivity (Wildman–Crippen MR) is 53.4 cm³/mol. The molecule has 1 unspecified atom stereocenters. The lowest BCUT2D eigenvalue weighted by Gasteiger charge is -2.11. The Labute approximate surface area is 85.2 Å². The standard InChI is InChI=1S/C10H20O4/c1-3-6-13-7-8-14-9(2)4-5-10(11)12/h9H,3-8H2,1-2H3,(H,11,12). The van der Waals surface area contributed by atoms with Crippen molar-refractivity contribution >= 4 is 5.97 Å². The zero-order valence-electron chi connectivity index (χ0n) is 8.99. The van der Waals surface area contributed by atoms with Crippen LogP contribution < -0.4 is 0 Å². The monoisotopic (exact) mass is 204 g/mol. The summed E-state index contributed by atoms with van der Waals surface area (Å²) in [6.07, 6.45) is 1.73. The second-order valence-corrected chi connectivity index (χ2v) is 3.23. The first kappa shape index (κ1) is 13.4. The maximum absolute atomic E-state index is 10.2. The lowest BCUT2D eigenvalue weighted by molar-refractivity contribution is -0.137. The first-order chi connectivity index (χ1) is 6.66. The SMILES string of the molecule is CCCOCCOC(C)CCC(=O)O. The minimum Gasteiger partial charge on any atom is -0.481 e. The number of aliphatic carboxylic acids is 1. The molecule has 0 aliphatic rings. The van der Waals surface area contributed by atoms with Gasteiger partial charge in [-0.2, -0.15) is 0 Å². The van der Waals surface area contributed by atoms with Crippen molar-refractivity contribution in [3.05, 3.63) is 0 Å². The Hall–Kier alpha value is -0.610. The number of hydrogen-bond donors (Lipinski definition) is 1. The number of carboxylic acid groups (broad SMARTS) is 1. The number of hydrogen-bond acceptors (Lipinski definition) is 3. The fraction of sp³-hybridized carbons (Fsp3) is 0.900. The van der Waals surface area contributed by atoms with Crippen molar-refractivity contribution in [1.29, 1.82) is 0 Å². The number of carbonyl (C=O) groups is 1. The van der Waals surface area contributed by atoms with Crippen LogP contribution in [0.25, 0.3) is 0 Å². The van der Waals surface area contributed by atoms with E-state index in [1.54, 1.807) is 0 Å². The zero-order chi connectivity index (χ0) is 10.8. The van der Waals surface area contributed by atoms with Gasteiger partial charge in [-0.3, -0.25) is 4.79 Å². The van der Waals surface area contributed by atoms with E-state index in [0.717, 1.165) is 13.0 Å². The Morgan fingerprint density at radius 2 is 2.07 bits per heavy atom. The van der Waals surface area contributed by atoms with Gasteiger partial charge in [-0.25, -0.2) is 0 Å². The van der Waals surface area contributed by atoms with Crippen LogP contribution >= 0.6 is 0 Å². The summed E-state index contributed by atoms with van der Waals surface area (Å²) in [5.74, 6) is -0.775. The lowest BCUT2D eigenvalue weighted by Crippen LogP contribution is -2.14. The number of ether oxygens (including phenoxy) is 2. The Balaban J connectivity index is 3.18. The lowest BCUT2D eigenvalue weighted by atomic mass is 10.2. The maximum atomic E-state index is 10.2. The Morgan fingerprint density at radius 3 is 2.64 bits per heavy atom. The Morgan fingerprint density at radius 1 is 1.36 bits per heavy atom. The topological polar surface area (TPSA) is 55.8 Å². The number of rotatable bonds is 9. The summed E-state index contributed by atoms with van der Waals surface area (Å²) in [6.45, 7) is 5.82. The Kier molecular flexibility index (Phi) is 8.57. The highest BCUT2D eigenvalue weighted by molar-refractivity contribution is 5.66. The normalized spacial score (nSPS) is 12.7. The van der Waals surface area contributed by atoms with Crippen LogP contribution in [0, 0.1) is 0 Å². The van der Waals surface area contributed by atoms with Crippen LogP contribution in [0.4, 0.5) is 0 Å². The quantitative estimate of drug-likeness (QED) is 0.580. The summed E-state index contributed by atoms with van der Waals surface area (Å²) in [7, 11) is 0. The molecule has 0 aliphatic heterocycles. The molecule has 0 aromatic rings. The summed E-state index contributed by atoms with van der Waals surface area (Å²) >= 11 is 0. The van der Waals surface area contributed by atoms with Crippen molar-refractivity contribution in [1.82, 2.24) is 0 Å². The second kappa shape index (κ2) is 8.97. The Bertz CT molecular complexity index is 147. The molecule has 0 bridgehead atoms. The summed E-state index contributed by atoms with van der Waals surface area (Å²) in [6, 6.07) is 0. The molecule has 0 aromatic heterocycles. The average Bonchev–Trinajstić information content (AvgIpc) is 2.14. The van der Waals surface area contributed by atoms with Crippen molar-refractivity contribution in [3.63, 3.8) is 0 Å². The van der Waals surface area contributed by atoms with Crippen LogP contribution in [0.1, 0.15) is 33.1 Å². The summed E-state index contributed by atoms with van der Waals surface area (Å²) in [4.78, 5) is 10.2. The largest absolute Gasteiger partial charge is 0.481 e. The third-order valence-electron chi connectivity index (χ3n) is 1.74. The average molecular weight is 204 g/mol. The van der Waals surface area contributed by atoms with Crippen LogP contribution in [0.5, 0.6) is 0 Å². The van der Waals surface area contributed by atoms with Gasteiger partial charge in [-0.15, -0.1) is 0 Å². The highest BCUT2D eigenvalue weighted by Crippen LogP contribution is 2.01. The van der Waals surface area contributed by atoms with Gasteiger partial charge in [0.15, 0.2) is 0 Å². The van der Waals surface area contributed by atoms with E-state index in [9.17, 15) is 4.79 Å². The minimum atomic E-state index is -0.775. The third kappa shape index (κ3) is 9.48. The predicted octanol–water partition coefficient (Wildman–Crippen LogP) is 1.68. The van der Waals surface area contributed by atoms with Crippen LogP contribution in [-0.2, 0) is 14.3 Å². The maximum Gasteiger partial charge on any atom is 0.303 e. The smallest absolute Gasteiger partial charge is 0.303 e. The zero-order valence-corrected chi connectivity index (χ0v) is 8.99. The van der Waals surface area contributed by atoms with Crippen LogP contribution in [-0.4, -0.2) is 37.0 Å². The molecular formula is C10H20O4. The van der Waals surface area contributed by atoms with Crippen molar-refractivity contribution in [2.45, 2.75) is 39.2 Å². The van der Waals surface area contributed by atoms with E-state index in [4.69, 9.17) is 14.6 Å². The molecule has 0 aliphatic carbocycles. The van der Waals surface area contributed by atoms with Crippen molar-refractivity contribution in [2.75, 3.05) is 19.8 Å². The molecule has 4 heteroatoms. The van der Waals surface area contributed by atoms with Gasteiger partial charge in [0.05, 0.1) is 19.3 Å². The van der Waals surface area contributed by atoms with Gasteiger partial charge in [-0.1, -0.05) is 6.92 Å². The molecule has 0 saturated carbocycles. The van der Waals surface area contributed by atoms with E-state index < -0.39 is 5.97 Å². The van der Waals surface area contributed by atoms with E-state index in [0.29, 0.717) is 19.6 Å².